The summed E-state index contributed by atoms with van der Waals surface area (Å²) in [6.45, 7) is 0. The standard InChI is InChI=1S/C18H18N2O2S3/c1-21-15-9-7-13(8-10-15)11-23-17-19-20-18(25-17)24-12-14-5-3-4-6-16(14)22-2/h3-10H,11-12H2,1-2H3. The minimum atomic E-state index is 0.821. The summed E-state index contributed by atoms with van der Waals surface area (Å²) in [7, 11) is 3.37. The van der Waals surface area contributed by atoms with Crippen LogP contribution >= 0.6 is 34.9 Å². The molecule has 3 aromatic rings. The number of hydrogen-bond acceptors (Lipinski definition) is 7. The molecule has 25 heavy (non-hydrogen) atoms. The van der Waals surface area contributed by atoms with Gasteiger partial charge in [-0.25, -0.2) is 0 Å². The summed E-state index contributed by atoms with van der Waals surface area (Å²) in [5, 5.41) is 8.55. The molecule has 0 spiro atoms. The third-order valence-corrected chi connectivity index (χ3v) is 6.76. The Morgan fingerprint density at radius 1 is 0.840 bits per heavy atom. The van der Waals surface area contributed by atoms with E-state index in [1.807, 2.05) is 30.3 Å². The molecular weight excluding hydrogens is 372 g/mol. The van der Waals surface area contributed by atoms with Gasteiger partial charge < -0.3 is 9.47 Å². The van der Waals surface area contributed by atoms with Gasteiger partial charge in [-0.3, -0.25) is 0 Å². The number of methoxy groups -OCH3 is 2. The summed E-state index contributed by atoms with van der Waals surface area (Å²) in [4.78, 5) is 0. The largest absolute Gasteiger partial charge is 0.497 e. The van der Waals surface area contributed by atoms with E-state index in [0.717, 1.165) is 37.2 Å². The second kappa shape index (κ2) is 9.12. The normalized spacial score (nSPS) is 10.6. The maximum Gasteiger partial charge on any atom is 0.175 e. The molecule has 0 aliphatic heterocycles. The lowest BCUT2D eigenvalue weighted by molar-refractivity contribution is 0.411. The van der Waals surface area contributed by atoms with Crippen LogP contribution in [0, 0.1) is 0 Å². The highest BCUT2D eigenvalue weighted by Crippen LogP contribution is 2.33. The van der Waals surface area contributed by atoms with Crippen molar-refractivity contribution in [1.29, 1.82) is 0 Å². The molecule has 0 amide bonds. The van der Waals surface area contributed by atoms with Gasteiger partial charge in [0.2, 0.25) is 0 Å². The summed E-state index contributed by atoms with van der Waals surface area (Å²) in [5.74, 6) is 3.48. The smallest absolute Gasteiger partial charge is 0.175 e. The fourth-order valence-electron chi connectivity index (χ4n) is 2.14. The number of ether oxygens (including phenoxy) is 2. The Morgan fingerprint density at radius 2 is 1.52 bits per heavy atom. The van der Waals surface area contributed by atoms with Crippen molar-refractivity contribution in [2.45, 2.75) is 20.2 Å². The lowest BCUT2D eigenvalue weighted by atomic mass is 10.2. The molecule has 0 aliphatic carbocycles. The third-order valence-electron chi connectivity index (χ3n) is 3.45. The highest BCUT2D eigenvalue weighted by molar-refractivity contribution is 8.02. The van der Waals surface area contributed by atoms with Crippen molar-refractivity contribution in [3.8, 4) is 11.5 Å². The second-order valence-electron chi connectivity index (χ2n) is 5.07. The molecule has 0 atom stereocenters. The molecule has 4 nitrogen and oxygen atoms in total. The van der Waals surface area contributed by atoms with Crippen LogP contribution in [0.15, 0.2) is 57.2 Å². The first-order valence-corrected chi connectivity index (χ1v) is 10.4. The second-order valence-corrected chi connectivity index (χ2v) is 8.49. The van der Waals surface area contributed by atoms with Gasteiger partial charge in [0.15, 0.2) is 8.68 Å². The molecule has 0 saturated carbocycles. The molecular formula is C18H18N2O2S3. The van der Waals surface area contributed by atoms with Crippen LogP contribution in [-0.2, 0) is 11.5 Å². The fourth-order valence-corrected chi connectivity index (χ4v) is 5.11. The van der Waals surface area contributed by atoms with Crippen LogP contribution < -0.4 is 9.47 Å². The fraction of sp³-hybridized carbons (Fsp3) is 0.222. The maximum atomic E-state index is 5.38. The van der Waals surface area contributed by atoms with E-state index in [2.05, 4.69) is 28.4 Å². The number of hydrogen-bond donors (Lipinski definition) is 0. The maximum absolute atomic E-state index is 5.38. The van der Waals surface area contributed by atoms with Crippen molar-refractivity contribution in [1.82, 2.24) is 10.2 Å². The van der Waals surface area contributed by atoms with E-state index in [4.69, 9.17) is 9.47 Å². The monoisotopic (exact) mass is 390 g/mol. The van der Waals surface area contributed by atoms with Crippen molar-refractivity contribution in [2.75, 3.05) is 14.2 Å². The van der Waals surface area contributed by atoms with Crippen molar-refractivity contribution in [3.63, 3.8) is 0 Å². The lowest BCUT2D eigenvalue weighted by Crippen LogP contribution is -1.89. The van der Waals surface area contributed by atoms with Crippen LogP contribution in [0.1, 0.15) is 11.1 Å². The molecule has 0 aliphatic rings. The molecule has 0 N–H and O–H groups in total. The van der Waals surface area contributed by atoms with E-state index in [1.165, 1.54) is 5.56 Å². The Morgan fingerprint density at radius 3 is 2.20 bits per heavy atom. The van der Waals surface area contributed by atoms with Gasteiger partial charge in [-0.2, -0.15) is 0 Å². The van der Waals surface area contributed by atoms with Gasteiger partial charge >= 0.3 is 0 Å². The van der Waals surface area contributed by atoms with Crippen LogP contribution in [0.5, 0.6) is 11.5 Å². The van der Waals surface area contributed by atoms with Crippen LogP contribution in [-0.4, -0.2) is 24.4 Å². The Labute approximate surface area is 160 Å². The van der Waals surface area contributed by atoms with Crippen molar-refractivity contribution >= 4 is 34.9 Å². The van der Waals surface area contributed by atoms with E-state index in [1.54, 1.807) is 49.1 Å². The number of para-hydroxylation sites is 1. The molecule has 3 rings (SSSR count). The molecule has 0 radical (unpaired) electrons. The lowest BCUT2D eigenvalue weighted by Gasteiger charge is -2.05. The third kappa shape index (κ3) is 5.14. The zero-order valence-electron chi connectivity index (χ0n) is 14.0. The van der Waals surface area contributed by atoms with Gasteiger partial charge in [0.05, 0.1) is 14.2 Å². The van der Waals surface area contributed by atoms with Gasteiger partial charge in [0.25, 0.3) is 0 Å². The minimum Gasteiger partial charge on any atom is -0.497 e. The van der Waals surface area contributed by atoms with Crippen LogP contribution in [0.25, 0.3) is 0 Å². The first kappa shape index (κ1) is 18.1. The predicted molar refractivity (Wildman–Crippen MR) is 105 cm³/mol. The number of rotatable bonds is 8. The quantitative estimate of drug-likeness (QED) is 0.496. The number of aromatic nitrogens is 2. The first-order valence-electron chi connectivity index (χ1n) is 7.62. The molecule has 1 heterocycles. The van der Waals surface area contributed by atoms with Crippen LogP contribution in [0.3, 0.4) is 0 Å². The Balaban J connectivity index is 1.53. The molecule has 0 saturated heterocycles. The molecule has 130 valence electrons. The summed E-state index contributed by atoms with van der Waals surface area (Å²) in [6.07, 6.45) is 0. The minimum absolute atomic E-state index is 0.821. The summed E-state index contributed by atoms with van der Waals surface area (Å²) in [5.41, 5.74) is 2.40. The highest BCUT2D eigenvalue weighted by atomic mass is 32.2. The van der Waals surface area contributed by atoms with E-state index >= 15 is 0 Å². The van der Waals surface area contributed by atoms with Crippen molar-refractivity contribution in [3.05, 3.63) is 59.7 Å². The molecule has 0 unspecified atom stereocenters. The molecule has 0 bridgehead atoms. The van der Waals surface area contributed by atoms with Gasteiger partial charge in [0, 0.05) is 17.1 Å². The summed E-state index contributed by atoms with van der Waals surface area (Å²) in [6, 6.07) is 16.2. The van der Waals surface area contributed by atoms with Crippen LogP contribution in [0.2, 0.25) is 0 Å². The average molecular weight is 391 g/mol. The molecule has 1 aromatic heterocycles. The SMILES string of the molecule is COc1ccc(CSc2nnc(SCc3ccccc3OC)s2)cc1. The predicted octanol–water partition coefficient (Wildman–Crippen LogP) is 5.14. The summed E-state index contributed by atoms with van der Waals surface area (Å²) < 4.78 is 12.5. The number of benzene rings is 2. The van der Waals surface area contributed by atoms with Crippen LogP contribution in [0.4, 0.5) is 0 Å². The Kier molecular flexibility index (Phi) is 6.61. The van der Waals surface area contributed by atoms with Gasteiger partial charge in [-0.1, -0.05) is 65.2 Å². The average Bonchev–Trinajstić information content (AvgIpc) is 3.13. The molecule has 2 aromatic carbocycles. The molecule has 7 heteroatoms. The summed E-state index contributed by atoms with van der Waals surface area (Å²) >= 11 is 5.02. The number of thioether (sulfide) groups is 2. The van der Waals surface area contributed by atoms with E-state index in [9.17, 15) is 0 Å². The van der Waals surface area contributed by atoms with Crippen molar-refractivity contribution < 1.29 is 9.47 Å². The highest BCUT2D eigenvalue weighted by Gasteiger charge is 2.08. The Hall–Kier alpha value is -1.70. The molecule has 0 fully saturated rings. The van der Waals surface area contributed by atoms with Crippen molar-refractivity contribution in [2.24, 2.45) is 0 Å². The van der Waals surface area contributed by atoms with E-state index < -0.39 is 0 Å². The Bertz CT molecular complexity index is 806. The zero-order chi connectivity index (χ0) is 17.5. The van der Waals surface area contributed by atoms with E-state index in [0.29, 0.717) is 0 Å². The zero-order valence-corrected chi connectivity index (χ0v) is 16.4. The van der Waals surface area contributed by atoms with E-state index in [-0.39, 0.29) is 0 Å². The topological polar surface area (TPSA) is 44.2 Å². The number of nitrogens with zero attached hydrogens (tertiary/aromatic N) is 2. The van der Waals surface area contributed by atoms with Gasteiger partial charge in [0.1, 0.15) is 11.5 Å². The first-order chi connectivity index (χ1) is 12.3. The van der Waals surface area contributed by atoms with Gasteiger partial charge in [-0.15, -0.1) is 10.2 Å². The van der Waals surface area contributed by atoms with Gasteiger partial charge in [-0.05, 0) is 23.8 Å².